The molecule has 3 aromatic carbocycles. The maximum absolute atomic E-state index is 13.4. The number of fused-ring (bicyclic) bond motifs is 1. The van der Waals surface area contributed by atoms with Gasteiger partial charge < -0.3 is 15.6 Å². The van der Waals surface area contributed by atoms with Crippen molar-refractivity contribution in [2.75, 3.05) is 6.54 Å². The lowest BCUT2D eigenvalue weighted by Crippen LogP contribution is -2.51. The molecule has 1 aromatic heterocycles. The van der Waals surface area contributed by atoms with Gasteiger partial charge >= 0.3 is 4.87 Å². The Morgan fingerprint density at radius 2 is 1.78 bits per heavy atom. The minimum absolute atomic E-state index is 0.0636. The summed E-state index contributed by atoms with van der Waals surface area (Å²) < 4.78 is 0.918. The van der Waals surface area contributed by atoms with Gasteiger partial charge in [-0.05, 0) is 73.0 Å². The Morgan fingerprint density at radius 1 is 1.06 bits per heavy atom. The summed E-state index contributed by atoms with van der Waals surface area (Å²) in [6, 6.07) is 20.9. The van der Waals surface area contributed by atoms with E-state index in [2.05, 4.69) is 11.1 Å². The molecule has 4 aromatic rings. The van der Waals surface area contributed by atoms with Gasteiger partial charge in [-0.2, -0.15) is 0 Å². The summed E-state index contributed by atoms with van der Waals surface area (Å²) >= 11 is 7.19. The molecule has 0 spiro atoms. The van der Waals surface area contributed by atoms with Crippen LogP contribution in [-0.2, 0) is 6.54 Å². The fourth-order valence-corrected chi connectivity index (χ4v) is 4.48. The molecular weight excluding hydrogens is 442 g/mol. The van der Waals surface area contributed by atoms with Crippen LogP contribution in [0, 0.1) is 0 Å². The number of hydrogen-bond donors (Lipinski definition) is 2. The maximum Gasteiger partial charge on any atom is 0.305 e. The van der Waals surface area contributed by atoms with Crippen LogP contribution in [0.1, 0.15) is 29.8 Å². The number of benzene rings is 3. The molecule has 1 heterocycles. The monoisotopic (exact) mass is 465 g/mol. The number of aromatic nitrogens is 1. The van der Waals surface area contributed by atoms with Crippen LogP contribution in [0.2, 0.25) is 5.02 Å². The van der Waals surface area contributed by atoms with Gasteiger partial charge in [0.05, 0.1) is 15.8 Å². The van der Waals surface area contributed by atoms with E-state index >= 15 is 0 Å². The number of thiazole rings is 1. The van der Waals surface area contributed by atoms with Crippen molar-refractivity contribution < 1.29 is 4.79 Å². The second-order valence-corrected chi connectivity index (χ2v) is 9.79. The van der Waals surface area contributed by atoms with Crippen molar-refractivity contribution in [2.24, 2.45) is 5.73 Å². The van der Waals surface area contributed by atoms with Gasteiger partial charge in [-0.3, -0.25) is 9.59 Å². The van der Waals surface area contributed by atoms with Gasteiger partial charge in [0.25, 0.3) is 5.91 Å². The van der Waals surface area contributed by atoms with Crippen LogP contribution in [0.4, 0.5) is 0 Å². The number of nitrogens with zero attached hydrogens (tertiary/aromatic N) is 1. The van der Waals surface area contributed by atoms with Crippen LogP contribution in [0.5, 0.6) is 0 Å². The van der Waals surface area contributed by atoms with E-state index in [1.54, 1.807) is 29.2 Å². The summed E-state index contributed by atoms with van der Waals surface area (Å²) in [4.78, 5) is 29.6. The van der Waals surface area contributed by atoms with Crippen molar-refractivity contribution >= 4 is 39.1 Å². The summed E-state index contributed by atoms with van der Waals surface area (Å²) in [6.07, 6.45) is 0. The number of hydrogen-bond acceptors (Lipinski definition) is 4. The molecule has 0 bridgehead atoms. The SMILES string of the molecule is CC(C)(CN)N(Cc1cccc(-c2ccc3[nH]c(=O)sc3c2)c1)C(=O)c1ccc(Cl)cc1. The Labute approximate surface area is 195 Å². The van der Waals surface area contributed by atoms with Crippen LogP contribution in [0.25, 0.3) is 21.3 Å². The molecule has 0 radical (unpaired) electrons. The van der Waals surface area contributed by atoms with Gasteiger partial charge in [-0.15, -0.1) is 0 Å². The summed E-state index contributed by atoms with van der Waals surface area (Å²) in [5, 5.41) is 0.586. The molecule has 0 aliphatic heterocycles. The van der Waals surface area contributed by atoms with Crippen molar-refractivity contribution in [1.82, 2.24) is 9.88 Å². The van der Waals surface area contributed by atoms with Gasteiger partial charge in [0.15, 0.2) is 0 Å². The zero-order chi connectivity index (χ0) is 22.9. The van der Waals surface area contributed by atoms with E-state index in [1.165, 1.54) is 11.3 Å². The number of aromatic amines is 1. The van der Waals surface area contributed by atoms with Crippen LogP contribution in [-0.4, -0.2) is 27.9 Å². The van der Waals surface area contributed by atoms with Gasteiger partial charge in [-0.25, -0.2) is 0 Å². The highest BCUT2D eigenvalue weighted by atomic mass is 35.5. The maximum atomic E-state index is 13.4. The minimum Gasteiger partial charge on any atom is -0.328 e. The fraction of sp³-hybridized carbons (Fsp3) is 0.200. The highest BCUT2D eigenvalue weighted by Gasteiger charge is 2.30. The van der Waals surface area contributed by atoms with Gasteiger partial charge in [0.1, 0.15) is 0 Å². The number of carbonyl (C=O) groups is 1. The second kappa shape index (κ2) is 8.90. The number of amides is 1. The van der Waals surface area contributed by atoms with E-state index in [9.17, 15) is 9.59 Å². The Kier molecular flexibility index (Phi) is 6.20. The van der Waals surface area contributed by atoms with Gasteiger partial charge in [-0.1, -0.05) is 47.2 Å². The number of H-pyrrole nitrogens is 1. The predicted molar refractivity (Wildman–Crippen MR) is 132 cm³/mol. The third-order valence-electron chi connectivity index (χ3n) is 5.59. The predicted octanol–water partition coefficient (Wildman–Crippen LogP) is 5.29. The van der Waals surface area contributed by atoms with Gasteiger partial charge in [0, 0.05) is 23.7 Å². The van der Waals surface area contributed by atoms with Crippen molar-refractivity contribution in [2.45, 2.75) is 25.9 Å². The van der Waals surface area contributed by atoms with Crippen LogP contribution in [0.3, 0.4) is 0 Å². The molecule has 164 valence electrons. The van der Waals surface area contributed by atoms with E-state index in [0.29, 0.717) is 23.7 Å². The highest BCUT2D eigenvalue weighted by molar-refractivity contribution is 7.16. The molecule has 0 unspecified atom stereocenters. The van der Waals surface area contributed by atoms with Crippen molar-refractivity contribution in [3.05, 3.63) is 92.5 Å². The molecular formula is C25H24ClN3O2S. The largest absolute Gasteiger partial charge is 0.328 e. The molecule has 3 N–H and O–H groups in total. The zero-order valence-electron chi connectivity index (χ0n) is 17.9. The first-order valence-corrected chi connectivity index (χ1v) is 11.5. The summed E-state index contributed by atoms with van der Waals surface area (Å²) in [5.74, 6) is -0.0963. The lowest BCUT2D eigenvalue weighted by Gasteiger charge is -2.38. The third kappa shape index (κ3) is 4.63. The molecule has 4 rings (SSSR count). The zero-order valence-corrected chi connectivity index (χ0v) is 19.5. The van der Waals surface area contributed by atoms with E-state index in [4.69, 9.17) is 17.3 Å². The fourth-order valence-electron chi connectivity index (χ4n) is 3.58. The molecule has 1 amide bonds. The van der Waals surface area contributed by atoms with E-state index in [1.807, 2.05) is 50.2 Å². The third-order valence-corrected chi connectivity index (χ3v) is 6.69. The molecule has 0 fully saturated rings. The lowest BCUT2D eigenvalue weighted by molar-refractivity contribution is 0.0539. The Morgan fingerprint density at radius 3 is 2.50 bits per heavy atom. The first-order valence-electron chi connectivity index (χ1n) is 10.3. The number of nitrogens with one attached hydrogen (secondary N) is 1. The molecule has 7 heteroatoms. The first kappa shape index (κ1) is 22.3. The van der Waals surface area contributed by atoms with E-state index in [0.717, 1.165) is 26.9 Å². The molecule has 5 nitrogen and oxygen atoms in total. The lowest BCUT2D eigenvalue weighted by atomic mass is 9.98. The number of halogens is 1. The second-order valence-electron chi connectivity index (χ2n) is 8.34. The summed E-state index contributed by atoms with van der Waals surface area (Å²) in [6.45, 7) is 4.67. The quantitative estimate of drug-likeness (QED) is 0.406. The van der Waals surface area contributed by atoms with E-state index < -0.39 is 5.54 Å². The molecule has 0 atom stereocenters. The summed E-state index contributed by atoms with van der Waals surface area (Å²) in [7, 11) is 0. The van der Waals surface area contributed by atoms with Crippen molar-refractivity contribution in [3.63, 3.8) is 0 Å². The Balaban J connectivity index is 1.67. The van der Waals surface area contributed by atoms with Crippen LogP contribution >= 0.6 is 22.9 Å². The molecule has 0 saturated heterocycles. The molecule has 0 saturated carbocycles. The highest BCUT2D eigenvalue weighted by Crippen LogP contribution is 2.27. The molecule has 32 heavy (non-hydrogen) atoms. The summed E-state index contributed by atoms with van der Waals surface area (Å²) in [5.41, 5.74) is 9.94. The number of rotatable bonds is 6. The van der Waals surface area contributed by atoms with Crippen LogP contribution in [0.15, 0.2) is 71.5 Å². The van der Waals surface area contributed by atoms with Crippen LogP contribution < -0.4 is 10.6 Å². The van der Waals surface area contributed by atoms with Gasteiger partial charge in [0.2, 0.25) is 0 Å². The average Bonchev–Trinajstić information content (AvgIpc) is 3.17. The number of carbonyl (C=O) groups excluding carboxylic acids is 1. The first-order chi connectivity index (χ1) is 15.3. The Hall–Kier alpha value is -2.93. The van der Waals surface area contributed by atoms with Crippen molar-refractivity contribution in [1.29, 1.82) is 0 Å². The van der Waals surface area contributed by atoms with E-state index in [-0.39, 0.29) is 10.8 Å². The smallest absolute Gasteiger partial charge is 0.305 e. The molecule has 0 aliphatic rings. The topological polar surface area (TPSA) is 79.2 Å². The average molecular weight is 466 g/mol. The standard InChI is InChI=1S/C25H24ClN3O2S/c1-25(2,15-27)29(23(30)17-6-9-20(26)10-7-17)14-16-4-3-5-18(12-16)19-8-11-21-22(13-19)32-24(31)28-21/h3-13H,14-15,27H2,1-2H3,(H,28,31). The number of nitrogens with two attached hydrogens (primary N) is 1. The normalized spacial score (nSPS) is 11.6. The minimum atomic E-state index is -0.539. The Bertz CT molecular complexity index is 1330. The van der Waals surface area contributed by atoms with Crippen molar-refractivity contribution in [3.8, 4) is 11.1 Å². The molecule has 0 aliphatic carbocycles.